The third kappa shape index (κ3) is 6.68. The van der Waals surface area contributed by atoms with Crippen molar-refractivity contribution in [2.45, 2.75) is 52.4 Å². The average molecular weight is 594 g/mol. The molecule has 5 rings (SSSR count). The number of aromatic nitrogens is 2. The number of piperidine rings is 1. The van der Waals surface area contributed by atoms with E-state index in [4.69, 9.17) is 9.47 Å². The fourth-order valence-electron chi connectivity index (χ4n) is 5.59. The Hall–Kier alpha value is -3.70. The van der Waals surface area contributed by atoms with Gasteiger partial charge in [-0.25, -0.2) is 13.4 Å². The van der Waals surface area contributed by atoms with Crippen molar-refractivity contribution >= 4 is 27.3 Å². The number of rotatable bonds is 9. The number of sulfonamides is 1. The summed E-state index contributed by atoms with van der Waals surface area (Å²) in [4.78, 5) is 22.7. The number of fused-ring (bicyclic) bond motifs is 1. The van der Waals surface area contributed by atoms with E-state index in [0.29, 0.717) is 34.2 Å². The third-order valence-corrected chi connectivity index (χ3v) is 8.70. The normalized spacial score (nSPS) is 19.9. The molecular weight excluding hydrogens is 554 g/mol. The second-order valence-electron chi connectivity index (χ2n) is 12.5. The van der Waals surface area contributed by atoms with Crippen molar-refractivity contribution in [3.8, 4) is 17.4 Å². The predicted octanol–water partition coefficient (Wildman–Crippen LogP) is 5.05. The van der Waals surface area contributed by atoms with Crippen LogP contribution in [0, 0.1) is 18.3 Å². The Morgan fingerprint density at radius 2 is 1.93 bits per heavy atom. The number of methoxy groups -OCH3 is 1. The van der Waals surface area contributed by atoms with E-state index in [2.05, 4.69) is 25.3 Å². The van der Waals surface area contributed by atoms with E-state index in [9.17, 15) is 13.2 Å². The molecule has 3 N–H and O–H groups in total. The van der Waals surface area contributed by atoms with Crippen molar-refractivity contribution in [1.29, 1.82) is 0 Å². The van der Waals surface area contributed by atoms with Gasteiger partial charge in [-0.1, -0.05) is 26.8 Å². The molecule has 0 unspecified atom stereocenters. The largest absolute Gasteiger partial charge is 0.492 e. The van der Waals surface area contributed by atoms with Crippen LogP contribution in [0.5, 0.6) is 17.4 Å². The minimum atomic E-state index is -3.59. The van der Waals surface area contributed by atoms with Gasteiger partial charge in [0.25, 0.3) is 5.91 Å². The zero-order valence-electron chi connectivity index (χ0n) is 25.0. The average Bonchev–Trinajstić information content (AvgIpc) is 3.62. The number of ether oxygens (including phenoxy) is 2. The summed E-state index contributed by atoms with van der Waals surface area (Å²) in [5.41, 5.74) is 2.60. The molecule has 1 aliphatic carbocycles. The summed E-state index contributed by atoms with van der Waals surface area (Å²) >= 11 is 0. The lowest BCUT2D eigenvalue weighted by Gasteiger charge is -2.24. The molecule has 2 atom stereocenters. The predicted molar refractivity (Wildman–Crippen MR) is 163 cm³/mol. The van der Waals surface area contributed by atoms with Gasteiger partial charge in [-0.15, -0.1) is 0 Å². The molecule has 2 aliphatic rings. The monoisotopic (exact) mass is 593 g/mol. The molecule has 0 bridgehead atoms. The fraction of sp³-hybridized carbons (Fsp3) is 0.452. The molecule has 1 saturated carbocycles. The first-order valence-electron chi connectivity index (χ1n) is 14.1. The van der Waals surface area contributed by atoms with Crippen LogP contribution in [0.25, 0.3) is 0 Å². The van der Waals surface area contributed by atoms with Gasteiger partial charge in [-0.3, -0.25) is 9.52 Å². The molecule has 10 nitrogen and oxygen atoms in total. The molecule has 0 spiro atoms. The Morgan fingerprint density at radius 3 is 2.62 bits per heavy atom. The van der Waals surface area contributed by atoms with Crippen LogP contribution in [-0.2, 0) is 21.9 Å². The summed E-state index contributed by atoms with van der Waals surface area (Å²) in [6.07, 6.45) is 5.97. The van der Waals surface area contributed by atoms with Gasteiger partial charge >= 0.3 is 0 Å². The minimum Gasteiger partial charge on any atom is -0.492 e. The number of carbonyl (C=O) groups excluding carboxylic acids is 1. The van der Waals surface area contributed by atoms with Crippen molar-refractivity contribution in [1.82, 2.24) is 15.3 Å². The van der Waals surface area contributed by atoms with Gasteiger partial charge in [0.15, 0.2) is 5.75 Å². The van der Waals surface area contributed by atoms with Crippen molar-refractivity contribution in [2.24, 2.45) is 11.3 Å². The molecule has 1 amide bonds. The Labute approximate surface area is 247 Å². The number of anilines is 2. The Balaban J connectivity index is 1.38. The van der Waals surface area contributed by atoms with E-state index in [1.165, 1.54) is 13.5 Å². The van der Waals surface area contributed by atoms with E-state index >= 15 is 0 Å². The highest BCUT2D eigenvalue weighted by molar-refractivity contribution is 7.92. The van der Waals surface area contributed by atoms with Gasteiger partial charge in [0.2, 0.25) is 15.9 Å². The van der Waals surface area contributed by atoms with E-state index in [1.807, 2.05) is 33.8 Å². The number of nitrogens with one attached hydrogen (secondary N) is 3. The van der Waals surface area contributed by atoms with Crippen LogP contribution in [0.15, 0.2) is 42.6 Å². The Bertz CT molecular complexity index is 1620. The van der Waals surface area contributed by atoms with E-state index < -0.39 is 15.9 Å². The van der Waals surface area contributed by atoms with Crippen LogP contribution < -0.4 is 24.8 Å². The number of carbonyl (C=O) groups is 1. The Kier molecular flexibility index (Phi) is 7.93. The number of hydrogen-bond acceptors (Lipinski definition) is 8. The molecule has 2 fully saturated rings. The van der Waals surface area contributed by atoms with E-state index in [0.717, 1.165) is 49.1 Å². The summed E-state index contributed by atoms with van der Waals surface area (Å²) < 4.78 is 38.3. The molecule has 2 heterocycles. The summed E-state index contributed by atoms with van der Waals surface area (Å²) in [5, 5.41) is 6.37. The van der Waals surface area contributed by atoms with Crippen molar-refractivity contribution in [2.75, 3.05) is 36.5 Å². The maximum Gasteiger partial charge on any atom is 0.255 e. The first kappa shape index (κ1) is 29.8. The maximum absolute atomic E-state index is 13.5. The lowest BCUT2D eigenvalue weighted by atomic mass is 9.86. The maximum atomic E-state index is 13.5. The molecule has 224 valence electrons. The summed E-state index contributed by atoms with van der Waals surface area (Å²) in [6, 6.07) is 10.4. The standard InChI is InChI=1S/C31H39N5O5S/c1-19-7-8-20(13-25(19)41-27-9-11-33-26(35-27)17-31-10-12-32-18-22(31)16-31)29(37)34-23-14-21(30(2,3)4)15-24(28(23)40-5)36-42(6,38)39/h7-9,11,13-15,22,32,36H,10,12,16-18H2,1-6H3,(H,34,37)/t22-,31+/m0/s1. The molecular formula is C31H39N5O5S. The van der Waals surface area contributed by atoms with Crippen LogP contribution in [0.2, 0.25) is 0 Å². The SMILES string of the molecule is COc1c(NC(=O)c2ccc(C)c(Oc3ccnc(C[C@]45CCNC[C@@H]4C5)n3)c2)cc(C(C)(C)C)cc1NS(C)(=O)=O. The Morgan fingerprint density at radius 1 is 1.17 bits per heavy atom. The summed E-state index contributed by atoms with van der Waals surface area (Å²) in [5.74, 6) is 2.21. The second-order valence-corrected chi connectivity index (χ2v) is 14.2. The molecule has 0 radical (unpaired) electrons. The molecule has 1 saturated heterocycles. The van der Waals surface area contributed by atoms with Gasteiger partial charge in [0, 0.05) is 24.2 Å². The molecule has 1 aromatic heterocycles. The zero-order valence-corrected chi connectivity index (χ0v) is 25.8. The van der Waals surface area contributed by atoms with Gasteiger partial charge in [0.1, 0.15) is 11.6 Å². The van der Waals surface area contributed by atoms with Gasteiger partial charge < -0.3 is 20.1 Å². The van der Waals surface area contributed by atoms with E-state index in [-0.39, 0.29) is 16.9 Å². The lowest BCUT2D eigenvalue weighted by molar-refractivity contribution is 0.102. The van der Waals surface area contributed by atoms with Crippen LogP contribution in [0.3, 0.4) is 0 Å². The van der Waals surface area contributed by atoms with Crippen LogP contribution in [0.4, 0.5) is 11.4 Å². The first-order valence-corrected chi connectivity index (χ1v) is 16.0. The number of aryl methyl sites for hydroxylation is 1. The molecule has 42 heavy (non-hydrogen) atoms. The van der Waals surface area contributed by atoms with Crippen molar-refractivity contribution in [3.05, 3.63) is 65.1 Å². The fourth-order valence-corrected chi connectivity index (χ4v) is 6.14. The van der Waals surface area contributed by atoms with Crippen LogP contribution in [-0.4, -0.2) is 50.7 Å². The third-order valence-electron chi connectivity index (χ3n) is 8.11. The zero-order chi connectivity index (χ0) is 30.3. The topological polar surface area (TPSA) is 132 Å². The molecule has 3 aromatic rings. The highest BCUT2D eigenvalue weighted by atomic mass is 32.2. The first-order chi connectivity index (χ1) is 19.8. The van der Waals surface area contributed by atoms with Gasteiger partial charge in [-0.05, 0) is 85.0 Å². The minimum absolute atomic E-state index is 0.213. The summed E-state index contributed by atoms with van der Waals surface area (Å²) in [6.45, 7) is 10.0. The molecule has 1 aliphatic heterocycles. The van der Waals surface area contributed by atoms with Crippen LogP contribution in [0.1, 0.15) is 60.9 Å². The smallest absolute Gasteiger partial charge is 0.255 e. The van der Waals surface area contributed by atoms with E-state index in [1.54, 1.807) is 36.5 Å². The van der Waals surface area contributed by atoms with Crippen molar-refractivity contribution < 1.29 is 22.7 Å². The lowest BCUT2D eigenvalue weighted by Crippen LogP contribution is -2.30. The second kappa shape index (κ2) is 11.2. The number of hydrogen-bond donors (Lipinski definition) is 3. The molecule has 2 aromatic carbocycles. The van der Waals surface area contributed by atoms with Gasteiger partial charge in [-0.2, -0.15) is 4.98 Å². The quantitative estimate of drug-likeness (QED) is 0.314. The number of nitrogens with zero attached hydrogens (tertiary/aromatic N) is 2. The number of benzene rings is 2. The number of amides is 1. The highest BCUT2D eigenvalue weighted by Crippen LogP contribution is 2.58. The molecule has 11 heteroatoms. The highest BCUT2D eigenvalue weighted by Gasteiger charge is 2.54. The van der Waals surface area contributed by atoms with Crippen molar-refractivity contribution in [3.63, 3.8) is 0 Å². The van der Waals surface area contributed by atoms with Crippen LogP contribution >= 0.6 is 0 Å². The summed E-state index contributed by atoms with van der Waals surface area (Å²) in [7, 11) is -2.17. The van der Waals surface area contributed by atoms with Gasteiger partial charge in [0.05, 0.1) is 24.7 Å².